The van der Waals surface area contributed by atoms with Crippen molar-refractivity contribution in [3.63, 3.8) is 0 Å². The highest BCUT2D eigenvalue weighted by Crippen LogP contribution is 2.36. The summed E-state index contributed by atoms with van der Waals surface area (Å²) >= 11 is 0. The molecule has 2 aliphatic rings. The van der Waals surface area contributed by atoms with E-state index in [2.05, 4.69) is 25.9 Å². The Bertz CT molecular complexity index is 726. The van der Waals surface area contributed by atoms with Crippen molar-refractivity contribution in [3.05, 3.63) is 36.3 Å². The van der Waals surface area contributed by atoms with Gasteiger partial charge in [-0.15, -0.1) is 0 Å². The monoisotopic (exact) mass is 343 g/mol. The summed E-state index contributed by atoms with van der Waals surface area (Å²) in [5.74, 6) is 2.67. The lowest BCUT2D eigenvalue weighted by molar-refractivity contribution is -0.133. The van der Waals surface area contributed by atoms with Gasteiger partial charge in [-0.2, -0.15) is 5.10 Å². The van der Waals surface area contributed by atoms with Crippen LogP contribution in [0.4, 0.5) is 0 Å². The SMILES string of the molecule is CC(=O)N1[C@H](Cn2cncn2)C[C@@H]2CN(Cc3ccc(C)o3)CC[C@@H]21. The second-order valence-electron chi connectivity index (χ2n) is 7.30. The third-order valence-corrected chi connectivity index (χ3v) is 5.51. The molecule has 4 rings (SSSR count). The molecule has 0 bridgehead atoms. The molecule has 2 saturated heterocycles. The van der Waals surface area contributed by atoms with Crippen LogP contribution in [0.5, 0.6) is 0 Å². The Labute approximate surface area is 147 Å². The van der Waals surface area contributed by atoms with E-state index in [9.17, 15) is 4.79 Å². The summed E-state index contributed by atoms with van der Waals surface area (Å²) in [6, 6.07) is 4.63. The van der Waals surface area contributed by atoms with Gasteiger partial charge in [0.2, 0.25) is 5.91 Å². The lowest BCUT2D eigenvalue weighted by atomic mass is 9.92. The molecule has 0 N–H and O–H groups in total. The number of aromatic nitrogens is 3. The zero-order valence-corrected chi connectivity index (χ0v) is 14.8. The molecule has 2 fully saturated rings. The lowest BCUT2D eigenvalue weighted by Gasteiger charge is -2.38. The van der Waals surface area contributed by atoms with E-state index in [1.807, 2.05) is 17.7 Å². The van der Waals surface area contributed by atoms with Crippen molar-refractivity contribution in [2.45, 2.75) is 51.9 Å². The van der Waals surface area contributed by atoms with Crippen LogP contribution in [0.1, 0.15) is 31.3 Å². The van der Waals surface area contributed by atoms with Crippen LogP contribution < -0.4 is 0 Å². The van der Waals surface area contributed by atoms with E-state index in [1.165, 1.54) is 0 Å². The number of nitrogens with zero attached hydrogens (tertiary/aromatic N) is 5. The molecule has 7 heteroatoms. The van der Waals surface area contributed by atoms with E-state index < -0.39 is 0 Å². The minimum Gasteiger partial charge on any atom is -0.465 e. The van der Waals surface area contributed by atoms with E-state index in [-0.39, 0.29) is 11.9 Å². The number of rotatable bonds is 4. The fraction of sp³-hybridized carbons (Fsp3) is 0.611. The van der Waals surface area contributed by atoms with Crippen LogP contribution >= 0.6 is 0 Å². The van der Waals surface area contributed by atoms with Crippen molar-refractivity contribution in [1.29, 1.82) is 0 Å². The van der Waals surface area contributed by atoms with Crippen molar-refractivity contribution < 1.29 is 9.21 Å². The minimum atomic E-state index is 0.174. The molecule has 0 saturated carbocycles. The number of aryl methyl sites for hydroxylation is 1. The summed E-state index contributed by atoms with van der Waals surface area (Å²) in [6.07, 6.45) is 5.33. The molecular weight excluding hydrogens is 318 g/mol. The molecule has 3 atom stereocenters. The molecule has 7 nitrogen and oxygen atoms in total. The molecule has 4 heterocycles. The second kappa shape index (κ2) is 6.63. The van der Waals surface area contributed by atoms with Gasteiger partial charge in [0.25, 0.3) is 0 Å². The third-order valence-electron chi connectivity index (χ3n) is 5.51. The van der Waals surface area contributed by atoms with Gasteiger partial charge in [-0.05, 0) is 37.8 Å². The van der Waals surface area contributed by atoms with Gasteiger partial charge in [0, 0.05) is 26.1 Å². The van der Waals surface area contributed by atoms with Gasteiger partial charge in [-0.25, -0.2) is 4.98 Å². The Morgan fingerprint density at radius 2 is 2.28 bits per heavy atom. The Hall–Kier alpha value is -2.15. The van der Waals surface area contributed by atoms with Crippen molar-refractivity contribution in [3.8, 4) is 0 Å². The van der Waals surface area contributed by atoms with E-state index in [1.54, 1.807) is 19.6 Å². The van der Waals surface area contributed by atoms with Gasteiger partial charge in [0.1, 0.15) is 24.2 Å². The summed E-state index contributed by atoms with van der Waals surface area (Å²) < 4.78 is 7.56. The maximum Gasteiger partial charge on any atom is 0.220 e. The number of carbonyl (C=O) groups excluding carboxylic acids is 1. The van der Waals surface area contributed by atoms with Gasteiger partial charge in [-0.3, -0.25) is 14.4 Å². The first-order valence-corrected chi connectivity index (χ1v) is 8.99. The number of likely N-dealkylation sites (tertiary alicyclic amines) is 2. The third kappa shape index (κ3) is 3.33. The summed E-state index contributed by atoms with van der Waals surface area (Å²) in [5.41, 5.74) is 0. The van der Waals surface area contributed by atoms with E-state index in [4.69, 9.17) is 4.42 Å². The largest absolute Gasteiger partial charge is 0.465 e. The van der Waals surface area contributed by atoms with Crippen LogP contribution in [-0.4, -0.2) is 55.6 Å². The van der Waals surface area contributed by atoms with Crippen molar-refractivity contribution in [1.82, 2.24) is 24.6 Å². The highest BCUT2D eigenvalue weighted by atomic mass is 16.3. The summed E-state index contributed by atoms with van der Waals surface area (Å²) in [4.78, 5) is 20.8. The molecular formula is C18H25N5O2. The number of hydrogen-bond acceptors (Lipinski definition) is 5. The number of hydrogen-bond donors (Lipinski definition) is 0. The second-order valence-corrected chi connectivity index (χ2v) is 7.30. The molecule has 134 valence electrons. The van der Waals surface area contributed by atoms with Gasteiger partial charge in [0.05, 0.1) is 19.1 Å². The van der Waals surface area contributed by atoms with Crippen LogP contribution in [0.25, 0.3) is 0 Å². The van der Waals surface area contributed by atoms with Gasteiger partial charge < -0.3 is 9.32 Å². The number of carbonyl (C=O) groups is 1. The zero-order valence-electron chi connectivity index (χ0n) is 14.8. The molecule has 0 unspecified atom stereocenters. The maximum atomic E-state index is 12.3. The maximum absolute atomic E-state index is 12.3. The Balaban J connectivity index is 1.44. The van der Waals surface area contributed by atoms with Gasteiger partial charge in [0.15, 0.2) is 0 Å². The number of fused-ring (bicyclic) bond motifs is 1. The zero-order chi connectivity index (χ0) is 17.4. The smallest absolute Gasteiger partial charge is 0.220 e. The molecule has 0 aliphatic carbocycles. The molecule has 0 spiro atoms. The van der Waals surface area contributed by atoms with Gasteiger partial charge >= 0.3 is 0 Å². The van der Waals surface area contributed by atoms with Crippen LogP contribution in [0.2, 0.25) is 0 Å². The van der Waals surface area contributed by atoms with Crippen molar-refractivity contribution >= 4 is 5.91 Å². The highest BCUT2D eigenvalue weighted by Gasteiger charge is 2.45. The number of furan rings is 1. The average molecular weight is 343 g/mol. The average Bonchev–Trinajstić information content (AvgIpc) is 3.27. The van der Waals surface area contributed by atoms with Crippen LogP contribution in [0.15, 0.2) is 29.2 Å². The predicted molar refractivity (Wildman–Crippen MR) is 91.6 cm³/mol. The van der Waals surface area contributed by atoms with Crippen LogP contribution in [-0.2, 0) is 17.9 Å². The predicted octanol–water partition coefficient (Wildman–Crippen LogP) is 1.69. The first kappa shape index (κ1) is 16.3. The minimum absolute atomic E-state index is 0.174. The molecule has 0 aromatic carbocycles. The molecule has 1 amide bonds. The fourth-order valence-corrected chi connectivity index (χ4v) is 4.56. The van der Waals surface area contributed by atoms with Gasteiger partial charge in [-0.1, -0.05) is 0 Å². The molecule has 0 radical (unpaired) electrons. The normalized spacial score (nSPS) is 26.8. The Morgan fingerprint density at radius 3 is 2.96 bits per heavy atom. The highest BCUT2D eigenvalue weighted by molar-refractivity contribution is 5.74. The molecule has 2 aliphatic heterocycles. The summed E-state index contributed by atoms with van der Waals surface area (Å²) in [7, 11) is 0. The molecule has 2 aromatic rings. The first-order chi connectivity index (χ1) is 12.1. The van der Waals surface area contributed by atoms with E-state index >= 15 is 0 Å². The fourth-order valence-electron chi connectivity index (χ4n) is 4.56. The number of amides is 1. The van der Waals surface area contributed by atoms with Crippen LogP contribution in [0, 0.1) is 12.8 Å². The van der Waals surface area contributed by atoms with E-state index in [0.29, 0.717) is 12.0 Å². The topological polar surface area (TPSA) is 67.4 Å². The first-order valence-electron chi connectivity index (χ1n) is 8.99. The van der Waals surface area contributed by atoms with E-state index in [0.717, 1.165) is 50.5 Å². The summed E-state index contributed by atoms with van der Waals surface area (Å²) in [6.45, 7) is 7.26. The van der Waals surface area contributed by atoms with Crippen LogP contribution in [0.3, 0.4) is 0 Å². The standard InChI is InChI=1S/C18H25N5O2/c1-13-3-4-17(25-13)10-21-6-5-18-15(8-21)7-16(23(18)14(2)24)9-22-12-19-11-20-22/h3-4,11-12,15-16,18H,5-10H2,1-2H3/t15-,16+,18+/m1/s1. The lowest BCUT2D eigenvalue weighted by Crippen LogP contribution is -2.48. The Kier molecular flexibility index (Phi) is 4.33. The molecule has 25 heavy (non-hydrogen) atoms. The molecule has 2 aromatic heterocycles. The number of piperidine rings is 1. The Morgan fingerprint density at radius 1 is 1.40 bits per heavy atom. The quantitative estimate of drug-likeness (QED) is 0.845. The van der Waals surface area contributed by atoms with Crippen molar-refractivity contribution in [2.24, 2.45) is 5.92 Å². The van der Waals surface area contributed by atoms with Crippen molar-refractivity contribution in [2.75, 3.05) is 13.1 Å². The summed E-state index contributed by atoms with van der Waals surface area (Å²) in [5, 5.41) is 4.21.